The number of carbonyl (C=O) groups excluding carboxylic acids is 1. The van der Waals surface area contributed by atoms with E-state index in [0.717, 1.165) is 51.4 Å². The van der Waals surface area contributed by atoms with E-state index in [0.29, 0.717) is 13.0 Å². The molecule has 0 aromatic rings. The van der Waals surface area contributed by atoms with Crippen molar-refractivity contribution < 1.29 is 33.1 Å². The van der Waals surface area contributed by atoms with Crippen LogP contribution in [0.25, 0.3) is 0 Å². The van der Waals surface area contributed by atoms with Crippen LogP contribution in [0.15, 0.2) is 48.6 Å². The van der Waals surface area contributed by atoms with Crippen LogP contribution in [-0.2, 0) is 23.4 Å². The lowest BCUT2D eigenvalue weighted by molar-refractivity contribution is -0.154. The third kappa shape index (κ3) is 44.8. The van der Waals surface area contributed by atoms with E-state index in [1.807, 2.05) is 0 Å². The molecule has 7 nitrogen and oxygen atoms in total. The van der Waals surface area contributed by atoms with Crippen LogP contribution in [0.2, 0.25) is 0 Å². The molecule has 0 saturated carbocycles. The van der Waals surface area contributed by atoms with Crippen molar-refractivity contribution in [1.29, 1.82) is 0 Å². The summed E-state index contributed by atoms with van der Waals surface area (Å²) in [5.41, 5.74) is 0. The summed E-state index contributed by atoms with van der Waals surface area (Å²) in [5.74, 6) is -0.390. The lowest BCUT2D eigenvalue weighted by Crippen LogP contribution is -2.28. The van der Waals surface area contributed by atoms with Crippen molar-refractivity contribution in [3.05, 3.63) is 48.6 Å². The van der Waals surface area contributed by atoms with E-state index in [1.54, 1.807) is 0 Å². The Balaban J connectivity index is 3.84. The number of phosphoric acid groups is 1. The lowest BCUT2D eigenvalue weighted by atomic mass is 10.0. The minimum absolute atomic E-state index is 0.0662. The second kappa shape index (κ2) is 41.7. The highest BCUT2D eigenvalue weighted by molar-refractivity contribution is 7.46. The Morgan fingerprint density at radius 3 is 1.34 bits per heavy atom. The molecule has 0 aromatic heterocycles. The zero-order valence-corrected chi connectivity index (χ0v) is 35.3. The summed E-state index contributed by atoms with van der Waals surface area (Å²) in [6.45, 7) is 4.71. The van der Waals surface area contributed by atoms with Crippen molar-refractivity contribution in [2.24, 2.45) is 0 Å². The highest BCUT2D eigenvalue weighted by Gasteiger charge is 2.21. The molecule has 0 aliphatic heterocycles. The van der Waals surface area contributed by atoms with Gasteiger partial charge in [0.25, 0.3) is 0 Å². The maximum Gasteiger partial charge on any atom is 0.469 e. The largest absolute Gasteiger partial charge is 0.469 e. The first kappa shape index (κ1) is 51.5. The molecule has 0 rings (SSSR count). The average Bonchev–Trinajstić information content (AvgIpc) is 3.13. The van der Waals surface area contributed by atoms with E-state index < -0.39 is 13.9 Å². The molecule has 8 heteroatoms. The number of allylic oxidation sites excluding steroid dienone is 8. The van der Waals surface area contributed by atoms with Crippen LogP contribution in [0, 0.1) is 0 Å². The van der Waals surface area contributed by atoms with Gasteiger partial charge in [-0.1, -0.05) is 191 Å². The molecular weight excluding hydrogens is 683 g/mol. The Morgan fingerprint density at radius 2 is 0.887 bits per heavy atom. The SMILES string of the molecule is CCCCC/C=C\C/C=C\C/C=C\C/C=C\CCCCCC(=O)O[C@H](COCCCCCCCCCCCCCCCCCCCC)COP(=O)(O)O. The average molecular weight is 767 g/mol. The highest BCUT2D eigenvalue weighted by Crippen LogP contribution is 2.36. The monoisotopic (exact) mass is 767 g/mol. The number of hydrogen-bond donors (Lipinski definition) is 2. The van der Waals surface area contributed by atoms with Gasteiger partial charge in [0.05, 0.1) is 13.2 Å². The van der Waals surface area contributed by atoms with Gasteiger partial charge in [0.1, 0.15) is 6.10 Å². The van der Waals surface area contributed by atoms with Crippen molar-refractivity contribution in [2.75, 3.05) is 19.8 Å². The van der Waals surface area contributed by atoms with Gasteiger partial charge in [-0.2, -0.15) is 0 Å². The topological polar surface area (TPSA) is 102 Å². The van der Waals surface area contributed by atoms with E-state index in [-0.39, 0.29) is 25.6 Å². The van der Waals surface area contributed by atoms with Gasteiger partial charge in [-0.05, 0) is 57.8 Å². The van der Waals surface area contributed by atoms with Gasteiger partial charge in [-0.25, -0.2) is 4.57 Å². The van der Waals surface area contributed by atoms with E-state index in [9.17, 15) is 9.36 Å². The van der Waals surface area contributed by atoms with E-state index >= 15 is 0 Å². The fraction of sp³-hybridized carbons (Fsp3) is 0.800. The number of hydrogen-bond acceptors (Lipinski definition) is 5. The Morgan fingerprint density at radius 1 is 0.509 bits per heavy atom. The summed E-state index contributed by atoms with van der Waals surface area (Å²) >= 11 is 0. The Labute approximate surface area is 327 Å². The van der Waals surface area contributed by atoms with Gasteiger partial charge in [-0.3, -0.25) is 9.32 Å². The molecule has 2 N–H and O–H groups in total. The molecule has 0 bridgehead atoms. The summed E-state index contributed by atoms with van der Waals surface area (Å²) in [5, 5.41) is 0. The molecular formula is C45H83O7P. The van der Waals surface area contributed by atoms with Crippen LogP contribution in [0.3, 0.4) is 0 Å². The maximum atomic E-state index is 12.4. The Kier molecular flexibility index (Phi) is 40.5. The number of esters is 1. The second-order valence-corrected chi connectivity index (χ2v) is 15.9. The highest BCUT2D eigenvalue weighted by atomic mass is 31.2. The van der Waals surface area contributed by atoms with E-state index in [4.69, 9.17) is 19.3 Å². The summed E-state index contributed by atoms with van der Waals surface area (Å²) in [6.07, 6.45) is 52.5. The fourth-order valence-corrected chi connectivity index (χ4v) is 6.49. The van der Waals surface area contributed by atoms with Crippen LogP contribution in [0.4, 0.5) is 0 Å². The first-order valence-corrected chi connectivity index (χ1v) is 23.5. The lowest BCUT2D eigenvalue weighted by Gasteiger charge is -2.18. The second-order valence-electron chi connectivity index (χ2n) is 14.7. The van der Waals surface area contributed by atoms with Crippen LogP contribution in [-0.4, -0.2) is 41.7 Å². The number of rotatable bonds is 41. The summed E-state index contributed by atoms with van der Waals surface area (Å²) in [6, 6.07) is 0. The minimum Gasteiger partial charge on any atom is -0.457 e. The van der Waals surface area contributed by atoms with Gasteiger partial charge in [0.15, 0.2) is 0 Å². The van der Waals surface area contributed by atoms with Crippen molar-refractivity contribution in [1.82, 2.24) is 0 Å². The molecule has 0 amide bonds. The summed E-state index contributed by atoms with van der Waals surface area (Å²) in [7, 11) is -4.66. The van der Waals surface area contributed by atoms with Gasteiger partial charge in [0, 0.05) is 13.0 Å². The molecule has 0 aliphatic rings. The number of carbonyl (C=O) groups is 1. The number of ether oxygens (including phenoxy) is 2. The molecule has 0 saturated heterocycles. The molecule has 0 fully saturated rings. The molecule has 0 heterocycles. The van der Waals surface area contributed by atoms with Crippen LogP contribution >= 0.6 is 7.82 Å². The van der Waals surface area contributed by atoms with Crippen molar-refractivity contribution >= 4 is 13.8 Å². The minimum atomic E-state index is -4.66. The molecule has 0 radical (unpaired) electrons. The zero-order valence-electron chi connectivity index (χ0n) is 34.4. The predicted octanol–water partition coefficient (Wildman–Crippen LogP) is 14.0. The summed E-state index contributed by atoms with van der Waals surface area (Å²) < 4.78 is 27.0. The third-order valence-electron chi connectivity index (χ3n) is 9.38. The van der Waals surface area contributed by atoms with Crippen molar-refractivity contribution in [3.63, 3.8) is 0 Å². The normalized spacial score (nSPS) is 13.1. The molecule has 0 aromatic carbocycles. The van der Waals surface area contributed by atoms with E-state index in [1.165, 1.54) is 128 Å². The van der Waals surface area contributed by atoms with Crippen molar-refractivity contribution in [2.45, 2.75) is 213 Å². The van der Waals surface area contributed by atoms with E-state index in [2.05, 4.69) is 67.0 Å². The van der Waals surface area contributed by atoms with Crippen LogP contribution in [0.1, 0.15) is 206 Å². The molecule has 0 spiro atoms. The quantitative estimate of drug-likeness (QED) is 0.0276. The molecule has 53 heavy (non-hydrogen) atoms. The first-order chi connectivity index (χ1) is 25.9. The standard InChI is InChI=1S/C45H83O7P/c1-3-5-7-9-11-13-15-17-19-21-23-24-26-28-30-32-34-36-38-40-45(46)52-44(43-51-53(47,48)49)42-50-41-39-37-35-33-31-29-27-25-22-20-18-16-14-12-10-8-6-4-2/h11,13,17,19,23-24,28,30,44H,3-10,12,14-16,18,20-22,25-27,29,31-43H2,1-2H3,(H2,47,48,49)/b13-11-,19-17-,24-23-,30-28-/t44-/m1/s1. The zero-order chi connectivity index (χ0) is 38.8. The van der Waals surface area contributed by atoms with Crippen molar-refractivity contribution in [3.8, 4) is 0 Å². The molecule has 0 unspecified atom stereocenters. The van der Waals surface area contributed by atoms with Gasteiger partial charge in [-0.15, -0.1) is 0 Å². The summed E-state index contributed by atoms with van der Waals surface area (Å²) in [4.78, 5) is 30.6. The molecule has 1 atom stereocenters. The molecule has 0 aliphatic carbocycles. The maximum absolute atomic E-state index is 12.4. The van der Waals surface area contributed by atoms with Gasteiger partial charge >= 0.3 is 13.8 Å². The molecule has 310 valence electrons. The first-order valence-electron chi connectivity index (χ1n) is 22.0. The van der Waals surface area contributed by atoms with Gasteiger partial charge < -0.3 is 19.3 Å². The number of unbranched alkanes of at least 4 members (excludes halogenated alkanes) is 23. The Bertz CT molecular complexity index is 939. The fourth-order valence-electron chi connectivity index (χ4n) is 6.13. The van der Waals surface area contributed by atoms with Crippen LogP contribution < -0.4 is 0 Å². The number of phosphoric ester groups is 1. The van der Waals surface area contributed by atoms with Gasteiger partial charge in [0.2, 0.25) is 0 Å². The predicted molar refractivity (Wildman–Crippen MR) is 225 cm³/mol. The third-order valence-corrected chi connectivity index (χ3v) is 9.87. The Hall–Kier alpha value is -1.50. The smallest absolute Gasteiger partial charge is 0.457 e. The van der Waals surface area contributed by atoms with Crippen LogP contribution in [0.5, 0.6) is 0 Å².